The number of rotatable bonds is 7. The van der Waals surface area contributed by atoms with Crippen LogP contribution in [0.25, 0.3) is 0 Å². The number of hydrogen-bond donors (Lipinski definition) is 2. The van der Waals surface area contributed by atoms with Crippen molar-refractivity contribution in [3.05, 3.63) is 41.0 Å². The number of aryl methyl sites for hydroxylation is 1. The minimum absolute atomic E-state index is 0.0481. The number of hydrogen-bond acceptors (Lipinski definition) is 5. The number of methoxy groups -OCH3 is 1. The van der Waals surface area contributed by atoms with E-state index in [1.165, 1.54) is 5.56 Å². The Balaban J connectivity index is 1.91. The molecule has 0 saturated heterocycles. The molecule has 0 amide bonds. The molecule has 2 rings (SSSR count). The third-order valence-corrected chi connectivity index (χ3v) is 4.06. The van der Waals surface area contributed by atoms with Gasteiger partial charge in [-0.15, -0.1) is 0 Å². The first-order chi connectivity index (χ1) is 12.4. The highest BCUT2D eigenvalue weighted by Gasteiger charge is 2.14. The second kappa shape index (κ2) is 9.22. The minimum atomic E-state index is 0.0481. The van der Waals surface area contributed by atoms with E-state index in [-0.39, 0.29) is 12.0 Å². The predicted molar refractivity (Wildman–Crippen MR) is 103 cm³/mol. The van der Waals surface area contributed by atoms with Gasteiger partial charge < -0.3 is 19.9 Å². The van der Waals surface area contributed by atoms with Crippen LogP contribution in [0.1, 0.15) is 55.6 Å². The fourth-order valence-corrected chi connectivity index (χ4v) is 2.56. The molecule has 2 N–H and O–H groups in total. The summed E-state index contributed by atoms with van der Waals surface area (Å²) in [7, 11) is 3.43. The van der Waals surface area contributed by atoms with E-state index in [1.54, 1.807) is 14.2 Å². The maximum absolute atomic E-state index is 5.47. The molecule has 1 unspecified atom stereocenters. The number of benzene rings is 1. The summed E-state index contributed by atoms with van der Waals surface area (Å²) in [6.45, 7) is 8.88. The minimum Gasteiger partial charge on any atom is -0.496 e. The van der Waals surface area contributed by atoms with E-state index in [9.17, 15) is 0 Å². The monoisotopic (exact) mass is 359 g/mol. The van der Waals surface area contributed by atoms with Crippen LogP contribution in [-0.4, -0.2) is 36.8 Å². The summed E-state index contributed by atoms with van der Waals surface area (Å²) in [5.74, 6) is 3.20. The van der Waals surface area contributed by atoms with E-state index in [2.05, 4.69) is 45.7 Å². The van der Waals surface area contributed by atoms with Gasteiger partial charge in [0.15, 0.2) is 11.8 Å². The summed E-state index contributed by atoms with van der Waals surface area (Å²) in [5.41, 5.74) is 2.28. The first kappa shape index (κ1) is 19.8. The highest BCUT2D eigenvalue weighted by molar-refractivity contribution is 5.80. The summed E-state index contributed by atoms with van der Waals surface area (Å²) < 4.78 is 10.7. The Morgan fingerprint density at radius 2 is 2.08 bits per heavy atom. The first-order valence-corrected chi connectivity index (χ1v) is 8.88. The fraction of sp³-hybridized carbons (Fsp3) is 0.526. The van der Waals surface area contributed by atoms with Gasteiger partial charge in [0, 0.05) is 31.5 Å². The molecule has 0 aliphatic carbocycles. The van der Waals surface area contributed by atoms with Gasteiger partial charge in [-0.3, -0.25) is 4.99 Å². The van der Waals surface area contributed by atoms with Crippen molar-refractivity contribution in [2.45, 2.75) is 46.1 Å². The molecule has 0 fully saturated rings. The van der Waals surface area contributed by atoms with Crippen LogP contribution >= 0.6 is 0 Å². The standard InChI is InChI=1S/C19H29N5O2/c1-12(2)18-23-17(26-24-18)9-10-21-19(20-5)22-14(4)15-11-13(3)7-8-16(15)25-6/h7-8,11-12,14H,9-10H2,1-6H3,(H2,20,21,22). The number of aliphatic imine (C=N–C) groups is 1. The highest BCUT2D eigenvalue weighted by Crippen LogP contribution is 2.25. The van der Waals surface area contributed by atoms with Gasteiger partial charge in [0.2, 0.25) is 5.89 Å². The van der Waals surface area contributed by atoms with E-state index in [0.29, 0.717) is 24.8 Å². The molecule has 0 radical (unpaired) electrons. The molecule has 7 heteroatoms. The molecule has 2 aromatic rings. The zero-order valence-electron chi connectivity index (χ0n) is 16.5. The highest BCUT2D eigenvalue weighted by atomic mass is 16.5. The molecule has 1 aromatic heterocycles. The smallest absolute Gasteiger partial charge is 0.228 e. The summed E-state index contributed by atoms with van der Waals surface area (Å²) in [6, 6.07) is 6.20. The SMILES string of the molecule is CN=C(NCCc1nc(C(C)C)no1)NC(C)c1cc(C)ccc1OC. The lowest BCUT2D eigenvalue weighted by atomic mass is 10.0. The average molecular weight is 359 g/mol. The predicted octanol–water partition coefficient (Wildman–Crippen LogP) is 2.98. The molecular formula is C19H29N5O2. The Labute approximate surface area is 155 Å². The van der Waals surface area contributed by atoms with Crippen molar-refractivity contribution >= 4 is 5.96 Å². The van der Waals surface area contributed by atoms with Gasteiger partial charge in [0.1, 0.15) is 5.75 Å². The zero-order valence-corrected chi connectivity index (χ0v) is 16.5. The molecule has 0 spiro atoms. The lowest BCUT2D eigenvalue weighted by Crippen LogP contribution is -2.39. The molecule has 26 heavy (non-hydrogen) atoms. The van der Waals surface area contributed by atoms with Crippen LogP contribution in [0.15, 0.2) is 27.7 Å². The molecule has 0 bridgehead atoms. The quantitative estimate of drug-likeness (QED) is 0.584. The number of nitrogens with zero attached hydrogens (tertiary/aromatic N) is 3. The number of aromatic nitrogens is 2. The summed E-state index contributed by atoms with van der Waals surface area (Å²) >= 11 is 0. The largest absolute Gasteiger partial charge is 0.496 e. The lowest BCUT2D eigenvalue weighted by Gasteiger charge is -2.20. The lowest BCUT2D eigenvalue weighted by molar-refractivity contribution is 0.371. The topological polar surface area (TPSA) is 84.6 Å². The molecule has 1 aromatic carbocycles. The van der Waals surface area contributed by atoms with Gasteiger partial charge in [-0.2, -0.15) is 4.98 Å². The van der Waals surface area contributed by atoms with Crippen molar-refractivity contribution < 1.29 is 9.26 Å². The Kier molecular flexibility index (Phi) is 7.00. The number of nitrogens with one attached hydrogen (secondary N) is 2. The molecular weight excluding hydrogens is 330 g/mol. The van der Waals surface area contributed by atoms with Crippen molar-refractivity contribution in [2.24, 2.45) is 4.99 Å². The van der Waals surface area contributed by atoms with Crippen LogP contribution in [0.3, 0.4) is 0 Å². The maximum atomic E-state index is 5.47. The summed E-state index contributed by atoms with van der Waals surface area (Å²) in [6.07, 6.45) is 0.641. The number of guanidine groups is 1. The van der Waals surface area contributed by atoms with Crippen LogP contribution in [0.4, 0.5) is 0 Å². The van der Waals surface area contributed by atoms with Crippen LogP contribution in [-0.2, 0) is 6.42 Å². The molecule has 0 aliphatic heterocycles. The van der Waals surface area contributed by atoms with Gasteiger partial charge in [0.05, 0.1) is 13.2 Å². The zero-order chi connectivity index (χ0) is 19.1. The molecule has 1 atom stereocenters. The van der Waals surface area contributed by atoms with Crippen molar-refractivity contribution in [1.29, 1.82) is 0 Å². The van der Waals surface area contributed by atoms with Gasteiger partial charge in [-0.05, 0) is 19.9 Å². The van der Waals surface area contributed by atoms with Gasteiger partial charge >= 0.3 is 0 Å². The van der Waals surface area contributed by atoms with Crippen LogP contribution in [0, 0.1) is 6.92 Å². The molecule has 0 saturated carbocycles. The van der Waals surface area contributed by atoms with E-state index in [1.807, 2.05) is 26.0 Å². The Hall–Kier alpha value is -2.57. The van der Waals surface area contributed by atoms with Crippen molar-refractivity contribution in [3.63, 3.8) is 0 Å². The van der Waals surface area contributed by atoms with Crippen LogP contribution in [0.5, 0.6) is 5.75 Å². The Bertz CT molecular complexity index is 739. The van der Waals surface area contributed by atoms with Gasteiger partial charge in [-0.1, -0.05) is 36.7 Å². The van der Waals surface area contributed by atoms with E-state index >= 15 is 0 Å². The molecule has 0 aliphatic rings. The van der Waals surface area contributed by atoms with E-state index in [0.717, 1.165) is 17.1 Å². The number of ether oxygens (including phenoxy) is 1. The summed E-state index contributed by atoms with van der Waals surface area (Å²) in [4.78, 5) is 8.66. The Morgan fingerprint density at radius 1 is 1.31 bits per heavy atom. The van der Waals surface area contributed by atoms with Crippen molar-refractivity contribution in [3.8, 4) is 5.75 Å². The van der Waals surface area contributed by atoms with Crippen molar-refractivity contribution in [2.75, 3.05) is 20.7 Å². The molecule has 142 valence electrons. The average Bonchev–Trinajstić information content (AvgIpc) is 3.10. The van der Waals surface area contributed by atoms with Crippen LogP contribution < -0.4 is 15.4 Å². The first-order valence-electron chi connectivity index (χ1n) is 8.88. The maximum Gasteiger partial charge on any atom is 0.228 e. The third kappa shape index (κ3) is 5.21. The van der Waals surface area contributed by atoms with E-state index in [4.69, 9.17) is 9.26 Å². The second-order valence-electron chi connectivity index (χ2n) is 6.56. The van der Waals surface area contributed by atoms with Crippen molar-refractivity contribution in [1.82, 2.24) is 20.8 Å². The third-order valence-electron chi connectivity index (χ3n) is 4.06. The fourth-order valence-electron chi connectivity index (χ4n) is 2.56. The van der Waals surface area contributed by atoms with E-state index < -0.39 is 0 Å². The second-order valence-corrected chi connectivity index (χ2v) is 6.56. The van der Waals surface area contributed by atoms with Gasteiger partial charge in [0.25, 0.3) is 0 Å². The normalized spacial score (nSPS) is 13.0. The molecule has 7 nitrogen and oxygen atoms in total. The Morgan fingerprint density at radius 3 is 2.69 bits per heavy atom. The summed E-state index contributed by atoms with van der Waals surface area (Å²) in [5, 5.41) is 10.6. The molecule has 1 heterocycles. The van der Waals surface area contributed by atoms with Gasteiger partial charge in [-0.25, -0.2) is 0 Å². The van der Waals surface area contributed by atoms with Crippen LogP contribution in [0.2, 0.25) is 0 Å².